The summed E-state index contributed by atoms with van der Waals surface area (Å²) in [6.07, 6.45) is 0. The summed E-state index contributed by atoms with van der Waals surface area (Å²) in [5.41, 5.74) is 2.58. The Hall–Kier alpha value is -5.52. The van der Waals surface area contributed by atoms with Crippen molar-refractivity contribution >= 4 is 23.1 Å². The van der Waals surface area contributed by atoms with Gasteiger partial charge in [-0.3, -0.25) is 19.2 Å². The molecule has 188 valence electrons. The molecule has 0 unspecified atom stereocenters. The van der Waals surface area contributed by atoms with Gasteiger partial charge < -0.3 is 4.74 Å². The van der Waals surface area contributed by atoms with Gasteiger partial charge in [-0.25, -0.2) is 0 Å². The van der Waals surface area contributed by atoms with Crippen molar-refractivity contribution in [2.45, 2.75) is 13.8 Å². The van der Waals surface area contributed by atoms with Crippen LogP contribution in [-0.2, 0) is 0 Å². The molecular weight excluding hydrogens is 488 g/mol. The molecule has 0 saturated heterocycles. The fraction of sp³-hybridized carbons (Fsp3) is 0.0588. The van der Waals surface area contributed by atoms with Crippen LogP contribution in [0.3, 0.4) is 0 Å². The van der Waals surface area contributed by atoms with Crippen LogP contribution in [0.2, 0.25) is 0 Å². The predicted molar refractivity (Wildman–Crippen MR) is 148 cm³/mol. The van der Waals surface area contributed by atoms with Crippen LogP contribution in [-0.4, -0.2) is 23.1 Å². The highest BCUT2D eigenvalue weighted by Crippen LogP contribution is 2.23. The van der Waals surface area contributed by atoms with Crippen LogP contribution in [0, 0.1) is 23.7 Å². The third kappa shape index (κ3) is 6.43. The molecule has 0 bridgehead atoms. The number of ether oxygens (including phenoxy) is 1. The first-order valence-electron chi connectivity index (χ1n) is 12.0. The molecule has 0 aliphatic carbocycles. The maximum absolute atomic E-state index is 12.6. The molecule has 0 spiro atoms. The topological polar surface area (TPSA) is 77.5 Å². The molecule has 0 aliphatic heterocycles. The van der Waals surface area contributed by atoms with E-state index in [0.29, 0.717) is 11.5 Å². The van der Waals surface area contributed by atoms with E-state index in [2.05, 4.69) is 23.7 Å². The number of rotatable bonds is 8. The Bertz CT molecular complexity index is 1540. The Balaban J connectivity index is 1.39. The van der Waals surface area contributed by atoms with Gasteiger partial charge in [-0.1, -0.05) is 11.8 Å². The third-order valence-electron chi connectivity index (χ3n) is 5.71. The summed E-state index contributed by atoms with van der Waals surface area (Å²) in [6, 6.07) is 25.5. The lowest BCUT2D eigenvalue weighted by atomic mass is 10.0. The largest absolute Gasteiger partial charge is 0.457 e. The molecule has 0 atom stereocenters. The van der Waals surface area contributed by atoms with Gasteiger partial charge in [0, 0.05) is 33.4 Å². The summed E-state index contributed by atoms with van der Waals surface area (Å²) in [5.74, 6) is 9.74. The van der Waals surface area contributed by atoms with Crippen molar-refractivity contribution in [3.8, 4) is 35.2 Å². The van der Waals surface area contributed by atoms with E-state index in [4.69, 9.17) is 4.74 Å². The lowest BCUT2D eigenvalue weighted by molar-refractivity contribution is 0.0817. The molecule has 4 rings (SSSR count). The monoisotopic (exact) mass is 510 g/mol. The van der Waals surface area contributed by atoms with E-state index in [1.807, 2.05) is 0 Å². The predicted octanol–water partition coefficient (Wildman–Crippen LogP) is 6.35. The average molecular weight is 511 g/mol. The average Bonchev–Trinajstić information content (AvgIpc) is 2.97. The van der Waals surface area contributed by atoms with Crippen molar-refractivity contribution in [2.75, 3.05) is 0 Å². The van der Waals surface area contributed by atoms with Crippen LogP contribution in [0.5, 0.6) is 11.5 Å². The maximum atomic E-state index is 12.6. The molecule has 5 heteroatoms. The Labute approximate surface area is 226 Å². The van der Waals surface area contributed by atoms with Gasteiger partial charge in [-0.05, 0) is 111 Å². The summed E-state index contributed by atoms with van der Waals surface area (Å²) in [4.78, 5) is 50.5. The van der Waals surface area contributed by atoms with Crippen molar-refractivity contribution in [1.29, 1.82) is 0 Å². The summed E-state index contributed by atoms with van der Waals surface area (Å²) in [6.45, 7) is 3.45. The highest BCUT2D eigenvalue weighted by Gasteiger charge is 2.19. The second-order valence-corrected chi connectivity index (χ2v) is 8.37. The Morgan fingerprint density at radius 2 is 0.692 bits per heavy atom. The van der Waals surface area contributed by atoms with Gasteiger partial charge in [0.15, 0.2) is 0 Å². The van der Waals surface area contributed by atoms with Gasteiger partial charge in [-0.15, -0.1) is 11.8 Å². The SMILES string of the molecule is CC#Cc1ccc(C(=O)C(=O)c2ccc(Oc3ccc(C(=O)C(=O)c4ccc(C#CC)cc4)cc3)cc2)cc1. The third-order valence-corrected chi connectivity index (χ3v) is 5.71. The van der Waals surface area contributed by atoms with E-state index in [-0.39, 0.29) is 22.3 Å². The van der Waals surface area contributed by atoms with Crippen LogP contribution in [0.25, 0.3) is 0 Å². The van der Waals surface area contributed by atoms with Gasteiger partial charge in [0.1, 0.15) is 11.5 Å². The highest BCUT2D eigenvalue weighted by atomic mass is 16.5. The van der Waals surface area contributed by atoms with E-state index < -0.39 is 23.1 Å². The molecule has 4 aromatic rings. The first-order valence-corrected chi connectivity index (χ1v) is 12.0. The van der Waals surface area contributed by atoms with E-state index >= 15 is 0 Å². The molecule has 0 saturated carbocycles. The number of hydrogen-bond acceptors (Lipinski definition) is 5. The number of benzene rings is 4. The van der Waals surface area contributed by atoms with E-state index in [1.54, 1.807) is 86.6 Å². The molecule has 0 amide bonds. The van der Waals surface area contributed by atoms with Crippen LogP contribution in [0.1, 0.15) is 66.4 Å². The normalized spacial score (nSPS) is 9.79. The fourth-order valence-corrected chi connectivity index (χ4v) is 3.71. The standard InChI is InChI=1S/C34H22O5/c1-3-5-23-7-11-25(12-8-23)31(35)33(37)27-15-19-29(20-16-27)39-30-21-17-28(18-22-30)34(38)32(36)26-13-9-24(6-4-2)10-14-26/h7-22H,1-2H3. The van der Waals surface area contributed by atoms with Crippen LogP contribution >= 0.6 is 0 Å². The zero-order valence-corrected chi connectivity index (χ0v) is 21.3. The van der Waals surface area contributed by atoms with Crippen molar-refractivity contribution in [1.82, 2.24) is 0 Å². The first kappa shape index (κ1) is 26.5. The second kappa shape index (κ2) is 12.1. The molecule has 0 radical (unpaired) electrons. The molecule has 0 aromatic heterocycles. The minimum atomic E-state index is -0.628. The Kier molecular flexibility index (Phi) is 8.27. The van der Waals surface area contributed by atoms with E-state index in [0.717, 1.165) is 11.1 Å². The zero-order valence-electron chi connectivity index (χ0n) is 21.3. The van der Waals surface area contributed by atoms with Gasteiger partial charge >= 0.3 is 0 Å². The molecule has 39 heavy (non-hydrogen) atoms. The minimum Gasteiger partial charge on any atom is -0.457 e. The number of hydrogen-bond donors (Lipinski definition) is 0. The quantitative estimate of drug-likeness (QED) is 0.157. The van der Waals surface area contributed by atoms with Gasteiger partial charge in [0.25, 0.3) is 0 Å². The van der Waals surface area contributed by atoms with Gasteiger partial charge in [0.2, 0.25) is 23.1 Å². The first-order chi connectivity index (χ1) is 18.9. The molecular formula is C34H22O5. The molecule has 0 heterocycles. The molecule has 0 N–H and O–H groups in total. The van der Waals surface area contributed by atoms with E-state index in [1.165, 1.54) is 24.3 Å². The van der Waals surface area contributed by atoms with Crippen molar-refractivity contribution in [3.05, 3.63) is 130 Å². The molecule has 5 nitrogen and oxygen atoms in total. The highest BCUT2D eigenvalue weighted by molar-refractivity contribution is 6.49. The maximum Gasteiger partial charge on any atom is 0.233 e. The molecule has 0 aliphatic rings. The lowest BCUT2D eigenvalue weighted by Crippen LogP contribution is -2.14. The van der Waals surface area contributed by atoms with Crippen molar-refractivity contribution < 1.29 is 23.9 Å². The summed E-state index contributed by atoms with van der Waals surface area (Å²) < 4.78 is 5.79. The molecule has 4 aromatic carbocycles. The van der Waals surface area contributed by atoms with Gasteiger partial charge in [-0.2, -0.15) is 0 Å². The number of ketones is 4. The Morgan fingerprint density at radius 3 is 0.949 bits per heavy atom. The number of carbonyl (C=O) groups is 4. The van der Waals surface area contributed by atoms with Crippen LogP contribution in [0.15, 0.2) is 97.1 Å². The zero-order chi connectivity index (χ0) is 27.8. The number of Topliss-reactive ketones (excluding diaryl/α,β-unsaturated/α-hetero) is 4. The van der Waals surface area contributed by atoms with Crippen LogP contribution in [0.4, 0.5) is 0 Å². The van der Waals surface area contributed by atoms with E-state index in [9.17, 15) is 19.2 Å². The van der Waals surface area contributed by atoms with Crippen molar-refractivity contribution in [3.63, 3.8) is 0 Å². The van der Waals surface area contributed by atoms with Gasteiger partial charge in [0.05, 0.1) is 0 Å². The lowest BCUT2D eigenvalue weighted by Gasteiger charge is -2.08. The van der Waals surface area contributed by atoms with Crippen molar-refractivity contribution in [2.24, 2.45) is 0 Å². The van der Waals surface area contributed by atoms with Crippen LogP contribution < -0.4 is 4.74 Å². The smallest absolute Gasteiger partial charge is 0.233 e. The second-order valence-electron chi connectivity index (χ2n) is 8.37. The summed E-state index contributed by atoms with van der Waals surface area (Å²) in [5, 5.41) is 0. The molecule has 0 fully saturated rings. The summed E-state index contributed by atoms with van der Waals surface area (Å²) >= 11 is 0. The number of carbonyl (C=O) groups excluding carboxylic acids is 4. The minimum absolute atomic E-state index is 0.235. The fourth-order valence-electron chi connectivity index (χ4n) is 3.71. The Morgan fingerprint density at radius 1 is 0.436 bits per heavy atom. The summed E-state index contributed by atoms with van der Waals surface area (Å²) in [7, 11) is 0.